The van der Waals surface area contributed by atoms with E-state index in [0.717, 1.165) is 39.1 Å². The van der Waals surface area contributed by atoms with Gasteiger partial charge in [0.05, 0.1) is 6.04 Å². The van der Waals surface area contributed by atoms with Crippen molar-refractivity contribution in [1.82, 2.24) is 15.1 Å². The zero-order valence-electron chi connectivity index (χ0n) is 12.0. The van der Waals surface area contributed by atoms with Crippen LogP contribution in [0.5, 0.6) is 0 Å². The number of hydrogen-bond acceptors (Lipinski definition) is 4. The van der Waals surface area contributed by atoms with Gasteiger partial charge in [-0.2, -0.15) is 0 Å². The molecule has 2 unspecified atom stereocenters. The SMILES string of the molecule is CCN(CC)C1CCN(CCC(NC)C(N)=O)C1. The molecule has 0 saturated carbocycles. The van der Waals surface area contributed by atoms with Crippen LogP contribution < -0.4 is 11.1 Å². The van der Waals surface area contributed by atoms with Crippen molar-refractivity contribution in [3.8, 4) is 0 Å². The number of likely N-dealkylation sites (N-methyl/N-ethyl adjacent to an activating group) is 2. The number of nitrogens with zero attached hydrogens (tertiary/aromatic N) is 2. The second kappa shape index (κ2) is 7.71. The van der Waals surface area contributed by atoms with Gasteiger partial charge in [-0.05, 0) is 39.5 Å². The second-order valence-corrected chi connectivity index (χ2v) is 5.00. The topological polar surface area (TPSA) is 61.6 Å². The molecule has 3 N–H and O–H groups in total. The first-order chi connectivity index (χ1) is 8.62. The fourth-order valence-electron chi connectivity index (χ4n) is 2.79. The molecule has 1 heterocycles. The third-order valence-corrected chi connectivity index (χ3v) is 4.00. The summed E-state index contributed by atoms with van der Waals surface area (Å²) in [5.41, 5.74) is 5.32. The monoisotopic (exact) mass is 256 g/mol. The Morgan fingerprint density at radius 1 is 1.50 bits per heavy atom. The highest BCUT2D eigenvalue weighted by Crippen LogP contribution is 2.15. The Kier molecular flexibility index (Phi) is 6.60. The van der Waals surface area contributed by atoms with Crippen LogP contribution in [-0.2, 0) is 4.79 Å². The lowest BCUT2D eigenvalue weighted by molar-refractivity contribution is -0.120. The second-order valence-electron chi connectivity index (χ2n) is 5.00. The Bertz CT molecular complexity index is 255. The number of carbonyl (C=O) groups is 1. The zero-order valence-corrected chi connectivity index (χ0v) is 12.0. The van der Waals surface area contributed by atoms with Crippen molar-refractivity contribution >= 4 is 5.91 Å². The maximum Gasteiger partial charge on any atom is 0.234 e. The van der Waals surface area contributed by atoms with E-state index in [1.54, 1.807) is 7.05 Å². The number of primary amides is 1. The lowest BCUT2D eigenvalue weighted by atomic mass is 10.2. The summed E-state index contributed by atoms with van der Waals surface area (Å²) in [4.78, 5) is 16.1. The minimum absolute atomic E-state index is 0.197. The summed E-state index contributed by atoms with van der Waals surface area (Å²) in [6.45, 7) is 9.89. The summed E-state index contributed by atoms with van der Waals surface area (Å²) in [6, 6.07) is 0.485. The van der Waals surface area contributed by atoms with Gasteiger partial charge in [0.25, 0.3) is 0 Å². The Hall–Kier alpha value is -0.650. The lowest BCUT2D eigenvalue weighted by Gasteiger charge is -2.26. The molecule has 1 aliphatic heterocycles. The molecule has 1 aliphatic rings. The average molecular weight is 256 g/mol. The number of hydrogen-bond donors (Lipinski definition) is 2. The van der Waals surface area contributed by atoms with E-state index in [2.05, 4.69) is 29.0 Å². The number of carbonyl (C=O) groups excluding carboxylic acids is 1. The van der Waals surface area contributed by atoms with Crippen LogP contribution in [0.2, 0.25) is 0 Å². The van der Waals surface area contributed by atoms with Gasteiger partial charge in [0.15, 0.2) is 0 Å². The third-order valence-electron chi connectivity index (χ3n) is 4.00. The number of nitrogens with two attached hydrogens (primary N) is 1. The van der Waals surface area contributed by atoms with Gasteiger partial charge < -0.3 is 16.0 Å². The molecule has 1 fully saturated rings. The minimum Gasteiger partial charge on any atom is -0.368 e. The summed E-state index contributed by atoms with van der Waals surface area (Å²) in [5, 5.41) is 2.97. The molecule has 5 heteroatoms. The molecule has 106 valence electrons. The fourth-order valence-corrected chi connectivity index (χ4v) is 2.79. The molecule has 0 aromatic rings. The van der Waals surface area contributed by atoms with Gasteiger partial charge in [-0.15, -0.1) is 0 Å². The molecule has 0 aromatic heterocycles. The minimum atomic E-state index is -0.253. The van der Waals surface area contributed by atoms with Crippen molar-refractivity contribution in [2.45, 2.75) is 38.8 Å². The molecule has 0 bridgehead atoms. The van der Waals surface area contributed by atoms with E-state index >= 15 is 0 Å². The van der Waals surface area contributed by atoms with E-state index in [4.69, 9.17) is 5.73 Å². The number of likely N-dealkylation sites (tertiary alicyclic amines) is 1. The molecule has 0 radical (unpaired) electrons. The van der Waals surface area contributed by atoms with E-state index < -0.39 is 0 Å². The normalized spacial score (nSPS) is 22.6. The molecule has 1 amide bonds. The average Bonchev–Trinajstić information content (AvgIpc) is 2.80. The molecular formula is C13H28N4O. The molecule has 5 nitrogen and oxygen atoms in total. The van der Waals surface area contributed by atoms with Gasteiger partial charge in [0.2, 0.25) is 5.91 Å². The van der Waals surface area contributed by atoms with Crippen LogP contribution in [0, 0.1) is 0 Å². The number of rotatable bonds is 8. The van der Waals surface area contributed by atoms with Crippen LogP contribution >= 0.6 is 0 Å². The highest BCUT2D eigenvalue weighted by Gasteiger charge is 2.26. The van der Waals surface area contributed by atoms with Crippen LogP contribution in [0.3, 0.4) is 0 Å². The van der Waals surface area contributed by atoms with Gasteiger partial charge in [0.1, 0.15) is 0 Å². The van der Waals surface area contributed by atoms with Gasteiger partial charge in [-0.25, -0.2) is 0 Å². The maximum atomic E-state index is 11.1. The number of nitrogens with one attached hydrogen (secondary N) is 1. The van der Waals surface area contributed by atoms with Crippen LogP contribution in [0.4, 0.5) is 0 Å². The van der Waals surface area contributed by atoms with E-state index in [-0.39, 0.29) is 11.9 Å². The lowest BCUT2D eigenvalue weighted by Crippen LogP contribution is -2.42. The first kappa shape index (κ1) is 15.4. The summed E-state index contributed by atoms with van der Waals surface area (Å²) in [7, 11) is 1.79. The van der Waals surface area contributed by atoms with E-state index in [1.165, 1.54) is 6.42 Å². The largest absolute Gasteiger partial charge is 0.368 e. The third kappa shape index (κ3) is 4.23. The summed E-state index contributed by atoms with van der Waals surface area (Å²) >= 11 is 0. The predicted octanol–water partition coefficient (Wildman–Crippen LogP) is -0.134. The summed E-state index contributed by atoms with van der Waals surface area (Å²) in [6.07, 6.45) is 2.04. The Labute approximate surface area is 111 Å². The quantitative estimate of drug-likeness (QED) is 0.635. The van der Waals surface area contributed by atoms with Crippen molar-refractivity contribution in [2.75, 3.05) is 39.8 Å². The van der Waals surface area contributed by atoms with Crippen LogP contribution in [0.15, 0.2) is 0 Å². The number of amides is 1. The molecule has 0 aliphatic carbocycles. The van der Waals surface area contributed by atoms with Crippen LogP contribution in [-0.4, -0.2) is 67.6 Å². The Balaban J connectivity index is 2.32. The van der Waals surface area contributed by atoms with Gasteiger partial charge in [-0.3, -0.25) is 9.69 Å². The van der Waals surface area contributed by atoms with Crippen molar-refractivity contribution in [3.63, 3.8) is 0 Å². The van der Waals surface area contributed by atoms with Crippen molar-refractivity contribution in [1.29, 1.82) is 0 Å². The molecule has 1 saturated heterocycles. The fraction of sp³-hybridized carbons (Fsp3) is 0.923. The van der Waals surface area contributed by atoms with Gasteiger partial charge in [-0.1, -0.05) is 13.8 Å². The predicted molar refractivity (Wildman–Crippen MR) is 74.4 cm³/mol. The van der Waals surface area contributed by atoms with E-state index in [9.17, 15) is 4.79 Å². The molecule has 2 atom stereocenters. The summed E-state index contributed by atoms with van der Waals surface area (Å²) in [5.74, 6) is -0.253. The van der Waals surface area contributed by atoms with Crippen molar-refractivity contribution in [3.05, 3.63) is 0 Å². The van der Waals surface area contributed by atoms with E-state index in [1.807, 2.05) is 0 Å². The smallest absolute Gasteiger partial charge is 0.234 e. The Morgan fingerprint density at radius 2 is 2.17 bits per heavy atom. The molecule has 1 rings (SSSR count). The van der Waals surface area contributed by atoms with E-state index in [0.29, 0.717) is 6.04 Å². The Morgan fingerprint density at radius 3 is 2.67 bits per heavy atom. The molecular weight excluding hydrogens is 228 g/mol. The highest BCUT2D eigenvalue weighted by atomic mass is 16.1. The first-order valence-corrected chi connectivity index (χ1v) is 7.05. The van der Waals surface area contributed by atoms with Crippen LogP contribution in [0.1, 0.15) is 26.7 Å². The first-order valence-electron chi connectivity index (χ1n) is 7.05. The van der Waals surface area contributed by atoms with Crippen molar-refractivity contribution in [2.24, 2.45) is 5.73 Å². The van der Waals surface area contributed by atoms with Crippen LogP contribution in [0.25, 0.3) is 0 Å². The summed E-state index contributed by atoms with van der Waals surface area (Å²) < 4.78 is 0. The molecule has 0 spiro atoms. The zero-order chi connectivity index (χ0) is 13.5. The standard InChI is InChI=1S/C13H28N4O/c1-4-17(5-2)11-6-8-16(10-11)9-7-12(15-3)13(14)18/h11-12,15H,4-10H2,1-3H3,(H2,14,18). The van der Waals surface area contributed by atoms with Gasteiger partial charge >= 0.3 is 0 Å². The van der Waals surface area contributed by atoms with Crippen molar-refractivity contribution < 1.29 is 4.79 Å². The molecule has 0 aromatic carbocycles. The molecule has 18 heavy (non-hydrogen) atoms. The maximum absolute atomic E-state index is 11.1. The van der Waals surface area contributed by atoms with Gasteiger partial charge in [0, 0.05) is 19.1 Å². The highest BCUT2D eigenvalue weighted by molar-refractivity contribution is 5.79.